The first-order valence-electron chi connectivity index (χ1n) is 7.09. The Morgan fingerprint density at radius 1 is 1.32 bits per heavy atom. The molecule has 2 rings (SSSR count). The van der Waals surface area contributed by atoms with E-state index in [9.17, 15) is 4.79 Å². The van der Waals surface area contributed by atoms with Gasteiger partial charge in [-0.25, -0.2) is 14.8 Å². The number of urea groups is 1. The van der Waals surface area contributed by atoms with Gasteiger partial charge in [-0.3, -0.25) is 0 Å². The lowest BCUT2D eigenvalue weighted by molar-refractivity contribution is 0.240. The predicted molar refractivity (Wildman–Crippen MR) is 89.4 cm³/mol. The highest BCUT2D eigenvalue weighted by atomic mass is 32.1. The Bertz CT molecular complexity index is 609. The van der Waals surface area contributed by atoms with Crippen molar-refractivity contribution in [2.24, 2.45) is 0 Å². The molecule has 0 bridgehead atoms. The Hall–Kier alpha value is -2.15. The minimum absolute atomic E-state index is 0.177. The SMILES string of the molecule is Cc1nc(CCNC(=O)NCc2ccc(N(C)C)nc2)cs1. The van der Waals surface area contributed by atoms with Crippen molar-refractivity contribution < 1.29 is 4.79 Å². The van der Waals surface area contributed by atoms with Crippen LogP contribution in [0.2, 0.25) is 0 Å². The van der Waals surface area contributed by atoms with Crippen LogP contribution in [0.1, 0.15) is 16.3 Å². The van der Waals surface area contributed by atoms with E-state index in [2.05, 4.69) is 20.6 Å². The second-order valence-corrected chi connectivity index (χ2v) is 6.20. The van der Waals surface area contributed by atoms with E-state index in [1.165, 1.54) is 0 Å². The van der Waals surface area contributed by atoms with Crippen LogP contribution in [0.4, 0.5) is 10.6 Å². The highest BCUT2D eigenvalue weighted by Gasteiger charge is 2.03. The van der Waals surface area contributed by atoms with Crippen molar-refractivity contribution in [1.29, 1.82) is 0 Å². The van der Waals surface area contributed by atoms with Gasteiger partial charge in [0.15, 0.2) is 0 Å². The van der Waals surface area contributed by atoms with Crippen LogP contribution in [0.15, 0.2) is 23.7 Å². The van der Waals surface area contributed by atoms with Crippen molar-refractivity contribution in [1.82, 2.24) is 20.6 Å². The number of hydrogen-bond acceptors (Lipinski definition) is 5. The number of nitrogens with zero attached hydrogens (tertiary/aromatic N) is 3. The lowest BCUT2D eigenvalue weighted by Gasteiger charge is -2.11. The van der Waals surface area contributed by atoms with Gasteiger partial charge in [0.05, 0.1) is 10.7 Å². The average Bonchev–Trinajstić information content (AvgIpc) is 2.91. The molecule has 6 nitrogen and oxygen atoms in total. The van der Waals surface area contributed by atoms with E-state index in [0.717, 1.165) is 28.5 Å². The van der Waals surface area contributed by atoms with Gasteiger partial charge in [0.1, 0.15) is 5.82 Å². The van der Waals surface area contributed by atoms with Crippen LogP contribution in [-0.4, -0.2) is 36.6 Å². The fraction of sp³-hybridized carbons (Fsp3) is 0.400. The number of anilines is 1. The summed E-state index contributed by atoms with van der Waals surface area (Å²) in [5.41, 5.74) is 1.99. The number of aryl methyl sites for hydroxylation is 1. The van der Waals surface area contributed by atoms with Crippen LogP contribution in [0, 0.1) is 6.92 Å². The molecule has 7 heteroatoms. The summed E-state index contributed by atoms with van der Waals surface area (Å²) < 4.78 is 0. The molecule has 2 heterocycles. The molecule has 0 aliphatic rings. The molecule has 0 saturated heterocycles. The number of carbonyl (C=O) groups excluding carboxylic acids is 1. The summed E-state index contributed by atoms with van der Waals surface area (Å²) in [4.78, 5) is 22.3. The first kappa shape index (κ1) is 16.2. The number of rotatable bonds is 6. The minimum atomic E-state index is -0.177. The number of carbonyl (C=O) groups is 1. The summed E-state index contributed by atoms with van der Waals surface area (Å²) >= 11 is 1.62. The van der Waals surface area contributed by atoms with Crippen molar-refractivity contribution in [2.75, 3.05) is 25.5 Å². The summed E-state index contributed by atoms with van der Waals surface area (Å²) in [6, 6.07) is 3.71. The lowest BCUT2D eigenvalue weighted by atomic mass is 10.3. The van der Waals surface area contributed by atoms with Crippen LogP contribution < -0.4 is 15.5 Å². The molecule has 0 aliphatic carbocycles. The average molecular weight is 319 g/mol. The number of thiazole rings is 1. The highest BCUT2D eigenvalue weighted by molar-refractivity contribution is 7.09. The molecule has 118 valence electrons. The molecule has 0 spiro atoms. The van der Waals surface area contributed by atoms with Crippen molar-refractivity contribution >= 4 is 23.2 Å². The molecule has 22 heavy (non-hydrogen) atoms. The quantitative estimate of drug-likeness (QED) is 0.854. The maximum atomic E-state index is 11.7. The third-order valence-corrected chi connectivity index (χ3v) is 3.88. The monoisotopic (exact) mass is 319 g/mol. The lowest BCUT2D eigenvalue weighted by Crippen LogP contribution is -2.36. The van der Waals surface area contributed by atoms with E-state index >= 15 is 0 Å². The molecule has 0 radical (unpaired) electrons. The third kappa shape index (κ3) is 5.00. The van der Waals surface area contributed by atoms with Gasteiger partial charge in [0, 0.05) is 45.2 Å². The van der Waals surface area contributed by atoms with E-state index in [1.54, 1.807) is 17.5 Å². The molecule has 0 saturated carbocycles. The topological polar surface area (TPSA) is 70.2 Å². The summed E-state index contributed by atoms with van der Waals surface area (Å²) in [7, 11) is 3.88. The van der Waals surface area contributed by atoms with Crippen LogP contribution in [-0.2, 0) is 13.0 Å². The Morgan fingerprint density at radius 2 is 2.14 bits per heavy atom. The van der Waals surface area contributed by atoms with Crippen LogP contribution in [0.25, 0.3) is 0 Å². The van der Waals surface area contributed by atoms with Crippen LogP contribution in [0.3, 0.4) is 0 Å². The molecule has 2 N–H and O–H groups in total. The summed E-state index contributed by atoms with van der Waals surface area (Å²) in [6.45, 7) is 3.01. The largest absolute Gasteiger partial charge is 0.363 e. The van der Waals surface area contributed by atoms with Crippen molar-refractivity contribution in [3.63, 3.8) is 0 Å². The van der Waals surface area contributed by atoms with E-state index < -0.39 is 0 Å². The van der Waals surface area contributed by atoms with Crippen molar-refractivity contribution in [3.8, 4) is 0 Å². The van der Waals surface area contributed by atoms with Gasteiger partial charge in [0.25, 0.3) is 0 Å². The standard InChI is InChI=1S/C15H21N5OS/c1-11-19-13(10-22-11)6-7-16-15(21)18-9-12-4-5-14(17-8-12)20(2)3/h4-5,8,10H,6-7,9H2,1-3H3,(H2,16,18,21). The van der Waals surface area contributed by atoms with Crippen LogP contribution in [0.5, 0.6) is 0 Å². The molecule has 0 atom stereocenters. The van der Waals surface area contributed by atoms with Crippen LogP contribution >= 0.6 is 11.3 Å². The summed E-state index contributed by atoms with van der Waals surface area (Å²) in [5, 5.41) is 8.71. The van der Waals surface area contributed by atoms with E-state index in [4.69, 9.17) is 0 Å². The molecular formula is C15H21N5OS. The molecule has 0 unspecified atom stereocenters. The zero-order chi connectivity index (χ0) is 15.9. The van der Waals surface area contributed by atoms with Gasteiger partial charge in [0.2, 0.25) is 0 Å². The predicted octanol–water partition coefficient (Wildman–Crippen LogP) is 1.95. The molecule has 0 aromatic carbocycles. The van der Waals surface area contributed by atoms with Crippen molar-refractivity contribution in [3.05, 3.63) is 40.0 Å². The number of nitrogens with one attached hydrogen (secondary N) is 2. The zero-order valence-electron chi connectivity index (χ0n) is 13.1. The van der Waals surface area contributed by atoms with Crippen molar-refractivity contribution in [2.45, 2.75) is 19.9 Å². The Kier molecular flexibility index (Phi) is 5.71. The minimum Gasteiger partial charge on any atom is -0.363 e. The van der Waals surface area contributed by atoms with Gasteiger partial charge < -0.3 is 15.5 Å². The normalized spacial score (nSPS) is 10.3. The van der Waals surface area contributed by atoms with E-state index in [-0.39, 0.29) is 6.03 Å². The maximum Gasteiger partial charge on any atom is 0.315 e. The number of amides is 2. The third-order valence-electron chi connectivity index (χ3n) is 3.05. The Morgan fingerprint density at radius 3 is 2.73 bits per heavy atom. The fourth-order valence-electron chi connectivity index (χ4n) is 1.86. The molecule has 0 aliphatic heterocycles. The maximum absolute atomic E-state index is 11.7. The number of aromatic nitrogens is 2. The molecule has 2 amide bonds. The second-order valence-electron chi connectivity index (χ2n) is 5.14. The van der Waals surface area contributed by atoms with Gasteiger partial charge in [-0.05, 0) is 18.6 Å². The highest BCUT2D eigenvalue weighted by Crippen LogP contribution is 2.08. The Balaban J connectivity index is 1.68. The second kappa shape index (κ2) is 7.74. The molecule has 2 aromatic heterocycles. The molecule has 2 aromatic rings. The molecular weight excluding hydrogens is 298 g/mol. The first-order chi connectivity index (χ1) is 10.5. The van der Waals surface area contributed by atoms with E-state index in [0.29, 0.717) is 13.1 Å². The van der Waals surface area contributed by atoms with Gasteiger partial charge in [-0.15, -0.1) is 11.3 Å². The fourth-order valence-corrected chi connectivity index (χ4v) is 2.50. The first-order valence-corrected chi connectivity index (χ1v) is 7.97. The summed E-state index contributed by atoms with van der Waals surface area (Å²) in [5.74, 6) is 0.895. The van der Waals surface area contributed by atoms with Gasteiger partial charge >= 0.3 is 6.03 Å². The Labute approximate surface area is 134 Å². The zero-order valence-corrected chi connectivity index (χ0v) is 13.9. The smallest absolute Gasteiger partial charge is 0.315 e. The molecule has 0 fully saturated rings. The van der Waals surface area contributed by atoms with E-state index in [1.807, 2.05) is 43.4 Å². The van der Waals surface area contributed by atoms with Gasteiger partial charge in [-0.1, -0.05) is 6.07 Å². The number of hydrogen-bond donors (Lipinski definition) is 2. The summed E-state index contributed by atoms with van der Waals surface area (Å²) in [6.07, 6.45) is 2.52. The number of pyridine rings is 1. The van der Waals surface area contributed by atoms with Gasteiger partial charge in [-0.2, -0.15) is 0 Å².